The standard InChI is InChI=1S/C25H29NO/c1-3-25-15-24-20(17(2)27)14-22(25)23(13-19-11-7-8-12-21(19)25)26(24)16-18-9-5-4-6-10-18/h4-12,20,22-24H,3,13-16H2,1-2H3/t20-,22?,23?,24?,25-/m1/s1. The molecule has 2 heteroatoms. The molecule has 2 aromatic rings. The van der Waals surface area contributed by atoms with E-state index in [2.05, 4.69) is 66.4 Å². The van der Waals surface area contributed by atoms with Crippen molar-refractivity contribution in [3.05, 3.63) is 71.3 Å². The first kappa shape index (κ1) is 17.2. The highest BCUT2D eigenvalue weighted by Gasteiger charge is 2.61. The molecule has 2 nitrogen and oxygen atoms in total. The Morgan fingerprint density at radius 2 is 1.81 bits per heavy atom. The van der Waals surface area contributed by atoms with Crippen LogP contribution in [0, 0.1) is 11.8 Å². The van der Waals surface area contributed by atoms with Crippen LogP contribution in [0.2, 0.25) is 0 Å². The summed E-state index contributed by atoms with van der Waals surface area (Å²) in [4.78, 5) is 15.2. The van der Waals surface area contributed by atoms with Gasteiger partial charge in [0.2, 0.25) is 0 Å². The van der Waals surface area contributed by atoms with Crippen molar-refractivity contribution < 1.29 is 4.79 Å². The van der Waals surface area contributed by atoms with Gasteiger partial charge in [-0.3, -0.25) is 9.69 Å². The van der Waals surface area contributed by atoms with Crippen LogP contribution in [0.15, 0.2) is 54.6 Å². The molecule has 0 spiro atoms. The summed E-state index contributed by atoms with van der Waals surface area (Å²) in [5.41, 5.74) is 4.76. The fourth-order valence-corrected chi connectivity index (χ4v) is 6.72. The topological polar surface area (TPSA) is 20.3 Å². The molecule has 2 aliphatic carbocycles. The Bertz CT molecular complexity index is 860. The van der Waals surface area contributed by atoms with Crippen LogP contribution in [0.1, 0.15) is 49.8 Å². The number of hydrogen-bond acceptors (Lipinski definition) is 2. The zero-order valence-electron chi connectivity index (χ0n) is 16.4. The molecule has 2 aromatic carbocycles. The van der Waals surface area contributed by atoms with Crippen LogP contribution < -0.4 is 0 Å². The molecule has 0 aromatic heterocycles. The normalized spacial score (nSPS) is 34.3. The van der Waals surface area contributed by atoms with E-state index in [9.17, 15) is 4.79 Å². The minimum absolute atomic E-state index is 0.208. The molecule has 2 saturated heterocycles. The Kier molecular flexibility index (Phi) is 4.01. The van der Waals surface area contributed by atoms with Gasteiger partial charge in [-0.25, -0.2) is 0 Å². The maximum atomic E-state index is 12.5. The number of carbonyl (C=O) groups excluding carboxylic acids is 1. The fraction of sp³-hybridized carbons (Fsp3) is 0.480. The van der Waals surface area contributed by atoms with Crippen LogP contribution in [0.3, 0.4) is 0 Å². The maximum absolute atomic E-state index is 12.5. The van der Waals surface area contributed by atoms with E-state index in [0.29, 0.717) is 23.8 Å². The molecule has 4 bridgehead atoms. The monoisotopic (exact) mass is 359 g/mol. The SMILES string of the molecule is CC[C@]12CC3[C@@H](C(C)=O)CC1C(Cc1ccccc12)N3Cc1ccccc1. The Morgan fingerprint density at radius 3 is 2.56 bits per heavy atom. The van der Waals surface area contributed by atoms with Crippen molar-refractivity contribution in [2.45, 2.75) is 63.6 Å². The van der Waals surface area contributed by atoms with Crippen LogP contribution in [0.25, 0.3) is 0 Å². The summed E-state index contributed by atoms with van der Waals surface area (Å²) in [7, 11) is 0. The number of rotatable bonds is 4. The van der Waals surface area contributed by atoms with Gasteiger partial charge in [0.25, 0.3) is 0 Å². The molecular weight excluding hydrogens is 330 g/mol. The Labute approximate surface area is 162 Å². The number of nitrogens with zero attached hydrogens (tertiary/aromatic N) is 1. The third-order valence-electron chi connectivity index (χ3n) is 7.92. The molecule has 6 rings (SSSR count). The van der Waals surface area contributed by atoms with E-state index in [1.54, 1.807) is 11.1 Å². The third-order valence-corrected chi connectivity index (χ3v) is 7.92. The second-order valence-electron chi connectivity index (χ2n) is 8.93. The first-order valence-electron chi connectivity index (χ1n) is 10.5. The largest absolute Gasteiger partial charge is 0.300 e. The molecular formula is C25H29NO. The van der Waals surface area contributed by atoms with Gasteiger partial charge in [0.05, 0.1) is 0 Å². The number of Topliss-reactive ketones (excluding diaryl/α,β-unsaturated/α-hetero) is 1. The maximum Gasteiger partial charge on any atom is 0.134 e. The highest BCUT2D eigenvalue weighted by Crippen LogP contribution is 2.60. The lowest BCUT2D eigenvalue weighted by molar-refractivity contribution is -0.144. The van der Waals surface area contributed by atoms with Gasteiger partial charge in [-0.05, 0) is 55.2 Å². The smallest absolute Gasteiger partial charge is 0.134 e. The van der Waals surface area contributed by atoms with Gasteiger partial charge in [0.15, 0.2) is 0 Å². The zero-order chi connectivity index (χ0) is 18.6. The van der Waals surface area contributed by atoms with Gasteiger partial charge < -0.3 is 0 Å². The van der Waals surface area contributed by atoms with E-state index in [-0.39, 0.29) is 11.3 Å². The van der Waals surface area contributed by atoms with Crippen molar-refractivity contribution in [1.29, 1.82) is 0 Å². The molecule has 3 unspecified atom stereocenters. The number of hydrogen-bond donors (Lipinski definition) is 0. The van der Waals surface area contributed by atoms with Gasteiger partial charge in [-0.2, -0.15) is 0 Å². The summed E-state index contributed by atoms with van der Waals surface area (Å²) >= 11 is 0. The highest BCUT2D eigenvalue weighted by molar-refractivity contribution is 5.79. The van der Waals surface area contributed by atoms with Crippen molar-refractivity contribution >= 4 is 5.78 Å². The number of carbonyl (C=O) groups is 1. The fourth-order valence-electron chi connectivity index (χ4n) is 6.72. The van der Waals surface area contributed by atoms with E-state index >= 15 is 0 Å². The van der Waals surface area contributed by atoms with Crippen LogP contribution in [0.5, 0.6) is 0 Å². The molecule has 2 aliphatic heterocycles. The van der Waals surface area contributed by atoms with E-state index in [1.807, 2.05) is 6.92 Å². The number of piperidine rings is 2. The van der Waals surface area contributed by atoms with Crippen molar-refractivity contribution in [2.75, 3.05) is 0 Å². The summed E-state index contributed by atoms with van der Waals surface area (Å²) in [6.45, 7) is 5.15. The van der Waals surface area contributed by atoms with Gasteiger partial charge in [0.1, 0.15) is 5.78 Å². The third kappa shape index (κ3) is 2.46. The van der Waals surface area contributed by atoms with E-state index in [0.717, 1.165) is 25.8 Å². The molecule has 27 heavy (non-hydrogen) atoms. The Hall–Kier alpha value is -1.93. The second kappa shape index (κ2) is 6.31. The molecule has 0 N–H and O–H groups in total. The summed E-state index contributed by atoms with van der Waals surface area (Å²) in [5.74, 6) is 1.19. The minimum atomic E-state index is 0.208. The van der Waals surface area contributed by atoms with E-state index in [4.69, 9.17) is 0 Å². The molecule has 4 aliphatic rings. The average molecular weight is 360 g/mol. The van der Waals surface area contributed by atoms with Crippen LogP contribution in [-0.2, 0) is 23.2 Å². The number of fused-ring (bicyclic) bond motifs is 2. The Balaban J connectivity index is 1.60. The van der Waals surface area contributed by atoms with E-state index < -0.39 is 0 Å². The summed E-state index contributed by atoms with van der Waals surface area (Å²) in [6, 6.07) is 20.9. The molecule has 5 atom stereocenters. The zero-order valence-corrected chi connectivity index (χ0v) is 16.4. The second-order valence-corrected chi connectivity index (χ2v) is 8.93. The van der Waals surface area contributed by atoms with Crippen LogP contribution in [-0.4, -0.2) is 22.8 Å². The van der Waals surface area contributed by atoms with E-state index in [1.165, 1.54) is 12.0 Å². The predicted octanol–water partition coefficient (Wildman–Crippen LogP) is 4.76. The van der Waals surface area contributed by atoms with Gasteiger partial charge >= 0.3 is 0 Å². The van der Waals surface area contributed by atoms with Crippen LogP contribution >= 0.6 is 0 Å². The predicted molar refractivity (Wildman–Crippen MR) is 109 cm³/mol. The molecule has 0 radical (unpaired) electrons. The first-order valence-corrected chi connectivity index (χ1v) is 10.5. The molecule has 140 valence electrons. The highest BCUT2D eigenvalue weighted by atomic mass is 16.1. The number of benzene rings is 2. The van der Waals surface area contributed by atoms with Gasteiger partial charge in [-0.15, -0.1) is 0 Å². The molecule has 2 heterocycles. The first-order chi connectivity index (χ1) is 13.1. The lowest BCUT2D eigenvalue weighted by Crippen LogP contribution is -2.69. The van der Waals surface area contributed by atoms with Crippen molar-refractivity contribution in [1.82, 2.24) is 4.90 Å². The van der Waals surface area contributed by atoms with Gasteiger partial charge in [-0.1, -0.05) is 61.5 Å². The number of ketones is 1. The molecule has 3 fully saturated rings. The molecule has 0 amide bonds. The van der Waals surface area contributed by atoms with Crippen molar-refractivity contribution in [2.24, 2.45) is 11.8 Å². The summed E-state index contributed by atoms with van der Waals surface area (Å²) < 4.78 is 0. The van der Waals surface area contributed by atoms with Crippen molar-refractivity contribution in [3.63, 3.8) is 0 Å². The minimum Gasteiger partial charge on any atom is -0.300 e. The summed E-state index contributed by atoms with van der Waals surface area (Å²) in [5, 5.41) is 0. The van der Waals surface area contributed by atoms with Gasteiger partial charge in [0, 0.05) is 30.0 Å². The average Bonchev–Trinajstić information content (AvgIpc) is 2.70. The summed E-state index contributed by atoms with van der Waals surface area (Å²) in [6.07, 6.45) is 4.54. The molecule has 1 saturated carbocycles. The lowest BCUT2D eigenvalue weighted by atomic mass is 9.48. The quantitative estimate of drug-likeness (QED) is 0.784. The lowest BCUT2D eigenvalue weighted by Gasteiger charge is -2.65. The van der Waals surface area contributed by atoms with Crippen LogP contribution in [0.4, 0.5) is 0 Å². The van der Waals surface area contributed by atoms with Crippen molar-refractivity contribution in [3.8, 4) is 0 Å². The Morgan fingerprint density at radius 1 is 1.07 bits per heavy atom.